The summed E-state index contributed by atoms with van der Waals surface area (Å²) in [5.41, 5.74) is 5.90. The summed E-state index contributed by atoms with van der Waals surface area (Å²) in [6.07, 6.45) is 10.6. The molecule has 0 aromatic rings. The van der Waals surface area contributed by atoms with E-state index in [0.717, 1.165) is 15.0 Å². The van der Waals surface area contributed by atoms with Crippen molar-refractivity contribution in [2.75, 3.05) is 6.66 Å². The lowest BCUT2D eigenvalue weighted by molar-refractivity contribution is 0.490. The summed E-state index contributed by atoms with van der Waals surface area (Å²) >= 11 is 0. The molecule has 0 aliphatic rings. The van der Waals surface area contributed by atoms with E-state index < -0.39 is 0 Å². The zero-order chi connectivity index (χ0) is 12.4. The summed E-state index contributed by atoms with van der Waals surface area (Å²) in [5.74, 6) is 0. The smallest absolute Gasteiger partial charge is 0.00362 e. The van der Waals surface area contributed by atoms with Crippen molar-refractivity contribution in [2.24, 2.45) is 5.73 Å². The van der Waals surface area contributed by atoms with Gasteiger partial charge in [0.05, 0.1) is 0 Å². The van der Waals surface area contributed by atoms with Crippen molar-refractivity contribution in [1.82, 2.24) is 0 Å². The number of hydrogen-bond acceptors (Lipinski definition) is 1. The maximum absolute atomic E-state index is 5.90. The number of unbranched alkanes of at least 4 members (excludes halogenated alkanes) is 3. The highest BCUT2D eigenvalue weighted by Crippen LogP contribution is 2.36. The third kappa shape index (κ3) is 7.63. The highest BCUT2D eigenvalue weighted by molar-refractivity contribution is 7.39. The molecule has 0 saturated carbocycles. The molecule has 3 unspecified atom stereocenters. The molecule has 1 nitrogen and oxygen atoms in total. The van der Waals surface area contributed by atoms with E-state index in [0.29, 0.717) is 11.2 Å². The molecule has 0 fully saturated rings. The van der Waals surface area contributed by atoms with Crippen LogP contribution >= 0.6 is 8.58 Å². The van der Waals surface area contributed by atoms with Crippen LogP contribution in [-0.4, -0.2) is 17.9 Å². The maximum Gasteiger partial charge on any atom is 0.00362 e. The van der Waals surface area contributed by atoms with E-state index in [4.69, 9.17) is 5.73 Å². The molecular formula is C14H32NP. The molecule has 0 saturated heterocycles. The van der Waals surface area contributed by atoms with Gasteiger partial charge in [0.2, 0.25) is 0 Å². The Morgan fingerprint density at radius 2 is 1.75 bits per heavy atom. The first kappa shape index (κ1) is 16.4. The summed E-state index contributed by atoms with van der Waals surface area (Å²) in [5, 5.41) is 0.625. The molecule has 2 N–H and O–H groups in total. The van der Waals surface area contributed by atoms with Gasteiger partial charge in [0.15, 0.2) is 0 Å². The normalized spacial score (nSPS) is 17.8. The summed E-state index contributed by atoms with van der Waals surface area (Å²) < 4.78 is 0. The second-order valence-electron chi connectivity index (χ2n) is 5.29. The van der Waals surface area contributed by atoms with Crippen molar-refractivity contribution in [3.63, 3.8) is 0 Å². The molecule has 16 heavy (non-hydrogen) atoms. The number of hydrogen-bond donors (Lipinski definition) is 1. The van der Waals surface area contributed by atoms with Gasteiger partial charge in [-0.05, 0) is 37.5 Å². The fourth-order valence-corrected chi connectivity index (χ4v) is 2.74. The van der Waals surface area contributed by atoms with Crippen LogP contribution in [0.4, 0.5) is 0 Å². The molecule has 0 aliphatic carbocycles. The zero-order valence-corrected chi connectivity index (χ0v) is 12.8. The van der Waals surface area contributed by atoms with Crippen LogP contribution in [0.1, 0.15) is 72.1 Å². The third-order valence-electron chi connectivity index (χ3n) is 3.96. The first-order valence-electron chi connectivity index (χ1n) is 7.02. The van der Waals surface area contributed by atoms with E-state index in [-0.39, 0.29) is 0 Å². The Morgan fingerprint density at radius 1 is 1.12 bits per heavy atom. The molecule has 2 heteroatoms. The van der Waals surface area contributed by atoms with E-state index in [9.17, 15) is 0 Å². The minimum atomic E-state index is 0.443. The monoisotopic (exact) mass is 245 g/mol. The molecule has 0 aliphatic heterocycles. The van der Waals surface area contributed by atoms with E-state index in [1.807, 2.05) is 0 Å². The highest BCUT2D eigenvalue weighted by Gasteiger charge is 2.18. The zero-order valence-electron chi connectivity index (χ0n) is 11.8. The van der Waals surface area contributed by atoms with Crippen LogP contribution in [0.15, 0.2) is 0 Å². The number of nitrogens with two attached hydrogens (primary N) is 1. The van der Waals surface area contributed by atoms with Crippen LogP contribution in [0.2, 0.25) is 0 Å². The summed E-state index contributed by atoms with van der Waals surface area (Å²) in [7, 11) is 1.09. The van der Waals surface area contributed by atoms with Crippen LogP contribution in [-0.2, 0) is 0 Å². The predicted octanol–water partition coefficient (Wildman–Crippen LogP) is 4.54. The van der Waals surface area contributed by atoms with Gasteiger partial charge < -0.3 is 5.73 Å². The third-order valence-corrected chi connectivity index (χ3v) is 5.77. The Balaban J connectivity index is 3.39. The van der Waals surface area contributed by atoms with Crippen molar-refractivity contribution in [1.29, 1.82) is 0 Å². The predicted molar refractivity (Wildman–Crippen MR) is 78.9 cm³/mol. The van der Waals surface area contributed by atoms with Crippen LogP contribution in [0.3, 0.4) is 0 Å². The Kier molecular flexibility index (Phi) is 9.65. The molecule has 3 atom stereocenters. The highest BCUT2D eigenvalue weighted by atomic mass is 31.1. The lowest BCUT2D eigenvalue weighted by Gasteiger charge is -2.26. The number of rotatable bonds is 10. The van der Waals surface area contributed by atoms with Gasteiger partial charge in [0.25, 0.3) is 0 Å². The minimum absolute atomic E-state index is 0.443. The largest absolute Gasteiger partial charge is 0.328 e. The van der Waals surface area contributed by atoms with Gasteiger partial charge >= 0.3 is 0 Å². The quantitative estimate of drug-likeness (QED) is 0.444. The second-order valence-corrected chi connectivity index (χ2v) is 6.99. The molecular weight excluding hydrogens is 213 g/mol. The molecule has 0 aromatic heterocycles. The standard InChI is InChI=1S/C14H32NP/c1-5-13(15)11-9-7-8-10-12-14(3,6-2)16-4/h13,16H,5-12,15H2,1-4H3. The van der Waals surface area contributed by atoms with Gasteiger partial charge in [0, 0.05) is 6.04 Å². The van der Waals surface area contributed by atoms with E-state index in [1.165, 1.54) is 44.9 Å². The molecule has 0 rings (SSSR count). The Morgan fingerprint density at radius 3 is 2.25 bits per heavy atom. The lowest BCUT2D eigenvalue weighted by atomic mass is 9.98. The second kappa shape index (κ2) is 9.42. The summed E-state index contributed by atoms with van der Waals surface area (Å²) in [4.78, 5) is 0. The SMILES string of the molecule is CCC(N)CCCCCCC(C)(CC)PC. The van der Waals surface area contributed by atoms with E-state index in [1.54, 1.807) is 0 Å². The fraction of sp³-hybridized carbons (Fsp3) is 1.00. The van der Waals surface area contributed by atoms with E-state index in [2.05, 4.69) is 27.4 Å². The lowest BCUT2D eigenvalue weighted by Crippen LogP contribution is -2.18. The average molecular weight is 245 g/mol. The van der Waals surface area contributed by atoms with Gasteiger partial charge in [-0.15, -0.1) is 8.58 Å². The van der Waals surface area contributed by atoms with Crippen LogP contribution < -0.4 is 5.73 Å². The Bertz CT molecular complexity index is 155. The van der Waals surface area contributed by atoms with Crippen molar-refractivity contribution in [3.05, 3.63) is 0 Å². The molecule has 0 bridgehead atoms. The van der Waals surface area contributed by atoms with Crippen molar-refractivity contribution >= 4 is 8.58 Å². The Hall–Kier alpha value is 0.390. The topological polar surface area (TPSA) is 26.0 Å². The molecule has 98 valence electrons. The Labute approximate surface area is 105 Å². The van der Waals surface area contributed by atoms with Crippen LogP contribution in [0.25, 0.3) is 0 Å². The minimum Gasteiger partial charge on any atom is -0.328 e. The molecule has 0 heterocycles. The molecule has 0 spiro atoms. The van der Waals surface area contributed by atoms with Crippen molar-refractivity contribution < 1.29 is 0 Å². The van der Waals surface area contributed by atoms with Gasteiger partial charge in [-0.2, -0.15) is 0 Å². The molecule has 0 amide bonds. The maximum atomic E-state index is 5.90. The summed E-state index contributed by atoms with van der Waals surface area (Å²) in [6, 6.07) is 0.443. The van der Waals surface area contributed by atoms with Gasteiger partial charge in [0.1, 0.15) is 0 Å². The van der Waals surface area contributed by atoms with Crippen molar-refractivity contribution in [3.8, 4) is 0 Å². The fourth-order valence-electron chi connectivity index (χ4n) is 1.96. The van der Waals surface area contributed by atoms with Gasteiger partial charge in [-0.25, -0.2) is 0 Å². The van der Waals surface area contributed by atoms with E-state index >= 15 is 0 Å². The van der Waals surface area contributed by atoms with Gasteiger partial charge in [-0.3, -0.25) is 0 Å². The summed E-state index contributed by atoms with van der Waals surface area (Å²) in [6.45, 7) is 9.30. The molecule has 0 radical (unpaired) electrons. The molecule has 0 aromatic carbocycles. The van der Waals surface area contributed by atoms with Crippen molar-refractivity contribution in [2.45, 2.75) is 83.3 Å². The van der Waals surface area contributed by atoms with Crippen LogP contribution in [0.5, 0.6) is 0 Å². The first-order valence-corrected chi connectivity index (χ1v) is 8.52. The first-order chi connectivity index (χ1) is 7.58. The average Bonchev–Trinajstić information content (AvgIpc) is 2.32. The van der Waals surface area contributed by atoms with Gasteiger partial charge in [-0.1, -0.05) is 46.5 Å². The van der Waals surface area contributed by atoms with Crippen LogP contribution in [0, 0.1) is 0 Å².